The summed E-state index contributed by atoms with van der Waals surface area (Å²) < 4.78 is 7.20. The van der Waals surface area contributed by atoms with Crippen LogP contribution in [0.1, 0.15) is 32.6 Å². The summed E-state index contributed by atoms with van der Waals surface area (Å²) in [5, 5.41) is 12.6. The van der Waals surface area contributed by atoms with E-state index in [1.807, 2.05) is 34.9 Å². The minimum absolute atomic E-state index is 0.0582. The van der Waals surface area contributed by atoms with Crippen molar-refractivity contribution in [1.29, 1.82) is 0 Å². The molecular formula is C21H28N4O2S. The number of thioether (sulfide) groups is 1. The topological polar surface area (TPSA) is 69.0 Å². The van der Waals surface area contributed by atoms with E-state index in [0.29, 0.717) is 24.3 Å². The molecule has 0 radical (unpaired) electrons. The predicted molar refractivity (Wildman–Crippen MR) is 112 cm³/mol. The van der Waals surface area contributed by atoms with Gasteiger partial charge < -0.3 is 10.1 Å². The van der Waals surface area contributed by atoms with Crippen molar-refractivity contribution in [3.05, 3.63) is 36.9 Å². The molecule has 1 heterocycles. The number of carbonyl (C=O) groups is 1. The van der Waals surface area contributed by atoms with E-state index in [4.69, 9.17) is 4.74 Å². The second kappa shape index (κ2) is 9.78. The van der Waals surface area contributed by atoms with Crippen molar-refractivity contribution in [2.75, 3.05) is 12.9 Å². The lowest BCUT2D eigenvalue weighted by molar-refractivity contribution is -0.119. The van der Waals surface area contributed by atoms with Gasteiger partial charge in [0.15, 0.2) is 11.0 Å². The molecule has 7 heteroatoms. The average Bonchev–Trinajstić information content (AvgIpc) is 3.11. The lowest BCUT2D eigenvalue weighted by Gasteiger charge is -2.29. The second-order valence-electron chi connectivity index (χ2n) is 7.16. The number of carbonyl (C=O) groups excluding carboxylic acids is 1. The van der Waals surface area contributed by atoms with Crippen LogP contribution in [0.3, 0.4) is 0 Å². The van der Waals surface area contributed by atoms with Gasteiger partial charge in [0, 0.05) is 18.2 Å². The van der Waals surface area contributed by atoms with Gasteiger partial charge >= 0.3 is 0 Å². The molecule has 1 aromatic heterocycles. The number of benzene rings is 1. The Kier molecular flexibility index (Phi) is 7.14. The first kappa shape index (κ1) is 20.5. The maximum atomic E-state index is 12.4. The number of aromatic nitrogens is 3. The first-order valence-electron chi connectivity index (χ1n) is 9.73. The van der Waals surface area contributed by atoms with E-state index in [-0.39, 0.29) is 5.91 Å². The van der Waals surface area contributed by atoms with Crippen LogP contribution < -0.4 is 10.1 Å². The maximum Gasteiger partial charge on any atom is 0.230 e. The average molecular weight is 401 g/mol. The van der Waals surface area contributed by atoms with Gasteiger partial charge in [0.2, 0.25) is 5.91 Å². The molecule has 1 amide bonds. The Balaban J connectivity index is 1.67. The van der Waals surface area contributed by atoms with Gasteiger partial charge in [0.05, 0.1) is 12.9 Å². The third kappa shape index (κ3) is 4.95. The molecule has 1 saturated carbocycles. The number of amides is 1. The molecule has 1 fully saturated rings. The zero-order valence-electron chi connectivity index (χ0n) is 16.6. The minimum atomic E-state index is 0.0582. The number of nitrogens with zero attached hydrogens (tertiary/aromatic N) is 3. The largest absolute Gasteiger partial charge is 0.497 e. The van der Waals surface area contributed by atoms with Crippen molar-refractivity contribution in [2.24, 2.45) is 5.92 Å². The Bertz CT molecular complexity index is 803. The molecule has 0 aliphatic heterocycles. The predicted octanol–water partition coefficient (Wildman–Crippen LogP) is 3.93. The molecule has 1 aliphatic rings. The number of hydrogen-bond acceptors (Lipinski definition) is 5. The molecule has 3 rings (SSSR count). The molecule has 0 saturated heterocycles. The van der Waals surface area contributed by atoms with Crippen molar-refractivity contribution in [2.45, 2.75) is 50.4 Å². The van der Waals surface area contributed by atoms with Crippen LogP contribution in [0.2, 0.25) is 0 Å². The van der Waals surface area contributed by atoms with Crippen molar-refractivity contribution in [1.82, 2.24) is 20.1 Å². The molecule has 0 spiro atoms. The number of allylic oxidation sites excluding steroid dienone is 1. The fraction of sp³-hybridized carbons (Fsp3) is 0.476. The van der Waals surface area contributed by atoms with Crippen LogP contribution in [0.5, 0.6) is 5.75 Å². The fourth-order valence-electron chi connectivity index (χ4n) is 3.55. The summed E-state index contributed by atoms with van der Waals surface area (Å²) in [5.41, 5.74) is 0.947. The van der Waals surface area contributed by atoms with Gasteiger partial charge in [-0.1, -0.05) is 37.6 Å². The Hall–Kier alpha value is -2.28. The number of nitrogens with one attached hydrogen (secondary N) is 1. The molecule has 0 unspecified atom stereocenters. The van der Waals surface area contributed by atoms with Crippen LogP contribution in [-0.4, -0.2) is 39.6 Å². The summed E-state index contributed by atoms with van der Waals surface area (Å²) in [5.74, 6) is 2.49. The molecule has 2 atom stereocenters. The van der Waals surface area contributed by atoms with Crippen LogP contribution in [0, 0.1) is 5.92 Å². The molecule has 150 valence electrons. The molecule has 2 aromatic rings. The highest BCUT2D eigenvalue weighted by atomic mass is 32.2. The molecule has 0 bridgehead atoms. The van der Waals surface area contributed by atoms with E-state index in [1.165, 1.54) is 31.0 Å². The van der Waals surface area contributed by atoms with Crippen LogP contribution in [0.4, 0.5) is 0 Å². The third-order valence-electron chi connectivity index (χ3n) is 5.17. The minimum Gasteiger partial charge on any atom is -0.497 e. The summed E-state index contributed by atoms with van der Waals surface area (Å²) in [4.78, 5) is 12.4. The van der Waals surface area contributed by atoms with Crippen molar-refractivity contribution in [3.63, 3.8) is 0 Å². The van der Waals surface area contributed by atoms with Gasteiger partial charge in [-0.3, -0.25) is 9.36 Å². The quantitative estimate of drug-likeness (QED) is 0.537. The Morgan fingerprint density at radius 3 is 2.75 bits per heavy atom. The van der Waals surface area contributed by atoms with E-state index >= 15 is 0 Å². The summed E-state index contributed by atoms with van der Waals surface area (Å²) >= 11 is 1.41. The van der Waals surface area contributed by atoms with Gasteiger partial charge in [-0.25, -0.2) is 0 Å². The van der Waals surface area contributed by atoms with Gasteiger partial charge in [0.25, 0.3) is 0 Å². The first-order valence-corrected chi connectivity index (χ1v) is 10.7. The van der Waals surface area contributed by atoms with Gasteiger partial charge in [-0.2, -0.15) is 0 Å². The molecule has 1 aliphatic carbocycles. The summed E-state index contributed by atoms with van der Waals surface area (Å²) in [6, 6.07) is 7.99. The Morgan fingerprint density at radius 2 is 2.07 bits per heavy atom. The molecule has 6 nitrogen and oxygen atoms in total. The normalized spacial score (nSPS) is 19.2. The highest BCUT2D eigenvalue weighted by Gasteiger charge is 2.23. The van der Waals surface area contributed by atoms with E-state index in [2.05, 4.69) is 29.0 Å². The highest BCUT2D eigenvalue weighted by molar-refractivity contribution is 7.99. The highest BCUT2D eigenvalue weighted by Crippen LogP contribution is 2.26. The van der Waals surface area contributed by atoms with E-state index in [0.717, 1.165) is 28.7 Å². The van der Waals surface area contributed by atoms with Crippen molar-refractivity contribution < 1.29 is 9.53 Å². The van der Waals surface area contributed by atoms with E-state index < -0.39 is 0 Å². The van der Waals surface area contributed by atoms with Gasteiger partial charge in [-0.15, -0.1) is 16.8 Å². The number of hydrogen-bond donors (Lipinski definition) is 1. The molecule has 28 heavy (non-hydrogen) atoms. The SMILES string of the molecule is C=CCn1c(SCC(=O)N[C@@H]2CCCC[C@H]2C)nnc1-c1ccc(OC)cc1. The zero-order chi connectivity index (χ0) is 19.9. The number of methoxy groups -OCH3 is 1. The van der Waals surface area contributed by atoms with E-state index in [9.17, 15) is 4.79 Å². The molecule has 1 aromatic carbocycles. The zero-order valence-corrected chi connectivity index (χ0v) is 17.4. The number of ether oxygens (including phenoxy) is 1. The van der Waals surface area contributed by atoms with Crippen LogP contribution in [-0.2, 0) is 11.3 Å². The fourth-order valence-corrected chi connectivity index (χ4v) is 4.31. The standard InChI is InChI=1S/C21H28N4O2S/c1-4-13-25-20(16-9-11-17(27-3)12-10-16)23-24-21(25)28-14-19(26)22-18-8-6-5-7-15(18)2/h4,9-12,15,18H,1,5-8,13-14H2,2-3H3,(H,22,26)/t15-,18-/m1/s1. The second-order valence-corrected chi connectivity index (χ2v) is 8.10. The first-order chi connectivity index (χ1) is 13.6. The van der Waals surface area contributed by atoms with Crippen LogP contribution >= 0.6 is 11.8 Å². The lowest BCUT2D eigenvalue weighted by Crippen LogP contribution is -2.41. The van der Waals surface area contributed by atoms with Crippen LogP contribution in [0.25, 0.3) is 11.4 Å². The third-order valence-corrected chi connectivity index (χ3v) is 6.13. The lowest BCUT2D eigenvalue weighted by atomic mass is 9.86. The van der Waals surface area contributed by atoms with Crippen molar-refractivity contribution >= 4 is 17.7 Å². The summed E-state index contributed by atoms with van der Waals surface area (Å²) in [7, 11) is 1.64. The monoisotopic (exact) mass is 400 g/mol. The number of rotatable bonds is 8. The maximum absolute atomic E-state index is 12.4. The Morgan fingerprint density at radius 1 is 1.32 bits per heavy atom. The van der Waals surface area contributed by atoms with Gasteiger partial charge in [-0.05, 0) is 43.0 Å². The molecule has 1 N–H and O–H groups in total. The Labute approximate surface area is 170 Å². The summed E-state index contributed by atoms with van der Waals surface area (Å²) in [6.07, 6.45) is 6.54. The smallest absolute Gasteiger partial charge is 0.230 e. The molecular weight excluding hydrogens is 372 g/mol. The summed E-state index contributed by atoms with van der Waals surface area (Å²) in [6.45, 7) is 6.64. The van der Waals surface area contributed by atoms with Gasteiger partial charge in [0.1, 0.15) is 5.75 Å². The van der Waals surface area contributed by atoms with Crippen LogP contribution in [0.15, 0.2) is 42.1 Å². The van der Waals surface area contributed by atoms with Crippen molar-refractivity contribution in [3.8, 4) is 17.1 Å². The van der Waals surface area contributed by atoms with E-state index in [1.54, 1.807) is 7.11 Å².